The van der Waals surface area contributed by atoms with Gasteiger partial charge in [0.25, 0.3) is 0 Å². The first-order chi connectivity index (χ1) is 8.60. The lowest BCUT2D eigenvalue weighted by Gasteiger charge is -2.07. The number of ketones is 1. The van der Waals surface area contributed by atoms with Crippen molar-refractivity contribution in [3.8, 4) is 5.75 Å². The van der Waals surface area contributed by atoms with Crippen LogP contribution in [0.5, 0.6) is 5.75 Å². The normalized spacial score (nSPS) is 10.4. The first kappa shape index (κ1) is 12.2. The molecule has 2 rings (SSSR count). The van der Waals surface area contributed by atoms with E-state index in [-0.39, 0.29) is 12.2 Å². The van der Waals surface area contributed by atoms with Crippen LogP contribution < -0.4 is 4.74 Å². The van der Waals surface area contributed by atoms with Crippen LogP contribution in [-0.4, -0.2) is 33.1 Å². The SMILES string of the molecule is COc1cc(C)ccc1C(=O)Cc1nnn(C)n1. The van der Waals surface area contributed by atoms with Crippen molar-refractivity contribution < 1.29 is 9.53 Å². The van der Waals surface area contributed by atoms with Gasteiger partial charge in [0.2, 0.25) is 0 Å². The van der Waals surface area contributed by atoms with E-state index in [1.807, 2.05) is 19.1 Å². The summed E-state index contributed by atoms with van der Waals surface area (Å²) in [4.78, 5) is 13.4. The number of carbonyl (C=O) groups excluding carboxylic acids is 1. The van der Waals surface area contributed by atoms with E-state index in [4.69, 9.17) is 4.74 Å². The molecule has 0 fully saturated rings. The summed E-state index contributed by atoms with van der Waals surface area (Å²) in [6.45, 7) is 1.95. The van der Waals surface area contributed by atoms with Gasteiger partial charge in [-0.05, 0) is 29.8 Å². The quantitative estimate of drug-likeness (QED) is 0.751. The van der Waals surface area contributed by atoms with Gasteiger partial charge in [0.15, 0.2) is 11.6 Å². The summed E-state index contributed by atoms with van der Waals surface area (Å²) in [5, 5.41) is 11.5. The Bertz CT molecular complexity index is 577. The van der Waals surface area contributed by atoms with Crippen molar-refractivity contribution in [2.45, 2.75) is 13.3 Å². The topological polar surface area (TPSA) is 69.9 Å². The van der Waals surface area contributed by atoms with Gasteiger partial charge < -0.3 is 4.74 Å². The second-order valence-corrected chi connectivity index (χ2v) is 4.00. The number of tetrazole rings is 1. The van der Waals surface area contributed by atoms with Gasteiger partial charge in [0.1, 0.15) is 5.75 Å². The molecule has 0 saturated heterocycles. The Hall–Kier alpha value is -2.24. The minimum Gasteiger partial charge on any atom is -0.496 e. The smallest absolute Gasteiger partial charge is 0.182 e. The molecule has 1 heterocycles. The molecular weight excluding hydrogens is 232 g/mol. The van der Waals surface area contributed by atoms with Crippen molar-refractivity contribution >= 4 is 5.78 Å². The molecule has 6 heteroatoms. The van der Waals surface area contributed by atoms with Crippen LogP contribution >= 0.6 is 0 Å². The minimum absolute atomic E-state index is 0.0835. The standard InChI is InChI=1S/C12H14N4O2/c1-8-4-5-9(11(6-8)18-3)10(17)7-12-13-15-16(2)14-12/h4-6H,7H2,1-3H3. The fourth-order valence-corrected chi connectivity index (χ4v) is 1.66. The van der Waals surface area contributed by atoms with Crippen LogP contribution in [-0.2, 0) is 13.5 Å². The number of hydrogen-bond donors (Lipinski definition) is 0. The van der Waals surface area contributed by atoms with Gasteiger partial charge in [0.05, 0.1) is 26.1 Å². The fraction of sp³-hybridized carbons (Fsp3) is 0.333. The largest absolute Gasteiger partial charge is 0.496 e. The van der Waals surface area contributed by atoms with Gasteiger partial charge in [-0.15, -0.1) is 10.2 Å². The van der Waals surface area contributed by atoms with E-state index in [1.54, 1.807) is 20.2 Å². The van der Waals surface area contributed by atoms with Crippen molar-refractivity contribution in [2.75, 3.05) is 7.11 Å². The number of hydrogen-bond acceptors (Lipinski definition) is 5. The van der Waals surface area contributed by atoms with Crippen molar-refractivity contribution in [1.29, 1.82) is 0 Å². The summed E-state index contributed by atoms with van der Waals surface area (Å²) < 4.78 is 5.21. The zero-order valence-corrected chi connectivity index (χ0v) is 10.5. The molecule has 0 saturated carbocycles. The summed E-state index contributed by atoms with van der Waals surface area (Å²) in [5.41, 5.74) is 1.58. The maximum atomic E-state index is 12.1. The third-order valence-corrected chi connectivity index (χ3v) is 2.53. The number of methoxy groups -OCH3 is 1. The summed E-state index contributed by atoms with van der Waals surface area (Å²) >= 11 is 0. The van der Waals surface area contributed by atoms with Gasteiger partial charge in [-0.1, -0.05) is 6.07 Å². The van der Waals surface area contributed by atoms with Gasteiger partial charge >= 0.3 is 0 Å². The number of Topliss-reactive ketones (excluding diaryl/α,β-unsaturated/α-hetero) is 1. The predicted molar refractivity (Wildman–Crippen MR) is 64.6 cm³/mol. The monoisotopic (exact) mass is 246 g/mol. The molecule has 6 nitrogen and oxygen atoms in total. The highest BCUT2D eigenvalue weighted by molar-refractivity contribution is 5.99. The maximum Gasteiger partial charge on any atom is 0.182 e. The van der Waals surface area contributed by atoms with E-state index in [0.717, 1.165) is 5.56 Å². The van der Waals surface area contributed by atoms with Crippen LogP contribution in [0.25, 0.3) is 0 Å². The summed E-state index contributed by atoms with van der Waals surface area (Å²) in [6.07, 6.45) is 0.118. The number of benzene rings is 1. The molecule has 0 unspecified atom stereocenters. The Labute approximate surface area is 105 Å². The number of aromatic nitrogens is 4. The molecule has 94 valence electrons. The molecule has 0 atom stereocenters. The Morgan fingerprint density at radius 2 is 2.22 bits per heavy atom. The highest BCUT2D eigenvalue weighted by Crippen LogP contribution is 2.21. The van der Waals surface area contributed by atoms with E-state index < -0.39 is 0 Å². The molecular formula is C12H14N4O2. The lowest BCUT2D eigenvalue weighted by atomic mass is 10.0. The predicted octanol–water partition coefficient (Wildman–Crippen LogP) is 0.953. The van der Waals surface area contributed by atoms with E-state index >= 15 is 0 Å². The van der Waals surface area contributed by atoms with E-state index in [9.17, 15) is 4.79 Å². The van der Waals surface area contributed by atoms with Crippen LogP contribution in [0.15, 0.2) is 18.2 Å². The van der Waals surface area contributed by atoms with E-state index in [0.29, 0.717) is 17.1 Å². The maximum absolute atomic E-state index is 12.1. The lowest BCUT2D eigenvalue weighted by Crippen LogP contribution is -2.07. The van der Waals surface area contributed by atoms with Crippen molar-refractivity contribution in [1.82, 2.24) is 20.2 Å². The van der Waals surface area contributed by atoms with Crippen molar-refractivity contribution in [3.63, 3.8) is 0 Å². The Morgan fingerprint density at radius 1 is 1.44 bits per heavy atom. The molecule has 2 aromatic rings. The lowest BCUT2D eigenvalue weighted by molar-refractivity contribution is 0.0988. The number of rotatable bonds is 4. The highest BCUT2D eigenvalue weighted by atomic mass is 16.5. The molecule has 0 aliphatic rings. The first-order valence-corrected chi connectivity index (χ1v) is 5.51. The first-order valence-electron chi connectivity index (χ1n) is 5.51. The van der Waals surface area contributed by atoms with Gasteiger partial charge in [-0.3, -0.25) is 4.79 Å². The average Bonchev–Trinajstić information content (AvgIpc) is 2.74. The van der Waals surface area contributed by atoms with Gasteiger partial charge in [-0.2, -0.15) is 4.80 Å². The molecule has 0 aliphatic carbocycles. The van der Waals surface area contributed by atoms with Crippen molar-refractivity contribution in [2.24, 2.45) is 7.05 Å². The van der Waals surface area contributed by atoms with Crippen LogP contribution in [0, 0.1) is 6.92 Å². The van der Waals surface area contributed by atoms with Crippen LogP contribution in [0.2, 0.25) is 0 Å². The molecule has 0 aliphatic heterocycles. The zero-order chi connectivity index (χ0) is 13.1. The second-order valence-electron chi connectivity index (χ2n) is 4.00. The van der Waals surface area contributed by atoms with Crippen molar-refractivity contribution in [3.05, 3.63) is 35.2 Å². The number of aryl methyl sites for hydroxylation is 2. The van der Waals surface area contributed by atoms with Gasteiger partial charge in [0, 0.05) is 0 Å². The van der Waals surface area contributed by atoms with Gasteiger partial charge in [-0.25, -0.2) is 0 Å². The van der Waals surface area contributed by atoms with E-state index in [1.165, 1.54) is 4.80 Å². The Kier molecular flexibility index (Phi) is 3.36. The Balaban J connectivity index is 2.23. The molecule has 18 heavy (non-hydrogen) atoms. The third-order valence-electron chi connectivity index (χ3n) is 2.53. The molecule has 0 N–H and O–H groups in total. The molecule has 1 aromatic carbocycles. The highest BCUT2D eigenvalue weighted by Gasteiger charge is 2.15. The molecule has 0 amide bonds. The van der Waals surface area contributed by atoms with Crippen LogP contribution in [0.4, 0.5) is 0 Å². The number of nitrogens with zero attached hydrogens (tertiary/aromatic N) is 4. The molecule has 0 spiro atoms. The summed E-state index contributed by atoms with van der Waals surface area (Å²) in [7, 11) is 3.21. The second kappa shape index (κ2) is 4.95. The summed E-state index contributed by atoms with van der Waals surface area (Å²) in [6, 6.07) is 5.46. The van der Waals surface area contributed by atoms with Crippen LogP contribution in [0.1, 0.15) is 21.7 Å². The molecule has 0 bridgehead atoms. The average molecular weight is 246 g/mol. The number of carbonyl (C=O) groups is 1. The van der Waals surface area contributed by atoms with E-state index in [2.05, 4.69) is 15.4 Å². The fourth-order valence-electron chi connectivity index (χ4n) is 1.66. The number of ether oxygens (including phenoxy) is 1. The minimum atomic E-state index is -0.0835. The molecule has 0 radical (unpaired) electrons. The molecule has 1 aromatic heterocycles. The Morgan fingerprint density at radius 3 is 2.83 bits per heavy atom. The third kappa shape index (κ3) is 2.53. The summed E-state index contributed by atoms with van der Waals surface area (Å²) in [5.74, 6) is 0.897. The zero-order valence-electron chi connectivity index (χ0n) is 10.5. The van der Waals surface area contributed by atoms with Crippen LogP contribution in [0.3, 0.4) is 0 Å².